The first-order valence-corrected chi connectivity index (χ1v) is 11.2. The van der Waals surface area contributed by atoms with Crippen LogP contribution >= 0.6 is 11.6 Å². The Morgan fingerprint density at radius 3 is 2.53 bits per heavy atom. The number of methoxy groups -OCH3 is 1. The largest absolute Gasteiger partial charge is 0.444 e. The number of hydrogen-bond donors (Lipinski definition) is 1. The van der Waals surface area contributed by atoms with Crippen molar-refractivity contribution < 1.29 is 19.1 Å². The lowest BCUT2D eigenvalue weighted by Crippen LogP contribution is -2.41. The number of likely N-dealkylation sites (tertiary alicyclic amines) is 1. The number of aromatic nitrogens is 2. The Morgan fingerprint density at radius 2 is 1.91 bits per heavy atom. The fourth-order valence-electron chi connectivity index (χ4n) is 3.76. The summed E-state index contributed by atoms with van der Waals surface area (Å²) in [6.07, 6.45) is 2.65. The Kier molecular flexibility index (Phi) is 7.79. The van der Waals surface area contributed by atoms with Gasteiger partial charge in [0.2, 0.25) is 0 Å². The average molecular weight is 463 g/mol. The van der Waals surface area contributed by atoms with E-state index in [9.17, 15) is 9.59 Å². The zero-order valence-corrected chi connectivity index (χ0v) is 19.8. The highest BCUT2D eigenvalue weighted by atomic mass is 35.5. The highest BCUT2D eigenvalue weighted by molar-refractivity contribution is 6.32. The molecule has 174 valence electrons. The van der Waals surface area contributed by atoms with E-state index in [1.165, 1.54) is 0 Å². The number of carbonyl (C=O) groups is 2. The molecular weight excluding hydrogens is 432 g/mol. The van der Waals surface area contributed by atoms with E-state index in [1.807, 2.05) is 39.0 Å². The lowest BCUT2D eigenvalue weighted by atomic mass is 9.91. The Balaban J connectivity index is 1.85. The van der Waals surface area contributed by atoms with Gasteiger partial charge in [-0.2, -0.15) is 5.10 Å². The fourth-order valence-corrected chi connectivity index (χ4v) is 3.98. The van der Waals surface area contributed by atoms with Crippen molar-refractivity contribution in [3.05, 3.63) is 46.7 Å². The van der Waals surface area contributed by atoms with Crippen LogP contribution in [-0.4, -0.2) is 65.6 Å². The summed E-state index contributed by atoms with van der Waals surface area (Å²) in [6, 6.07) is 7.41. The Labute approximate surface area is 193 Å². The molecule has 2 amide bonds. The van der Waals surface area contributed by atoms with Gasteiger partial charge in [-0.15, -0.1) is 0 Å². The molecule has 0 aliphatic carbocycles. The number of nitrogens with one attached hydrogen (secondary N) is 1. The molecule has 0 unspecified atom stereocenters. The fraction of sp³-hybridized carbons (Fsp3) is 0.522. The molecule has 0 spiro atoms. The van der Waals surface area contributed by atoms with E-state index in [1.54, 1.807) is 29.0 Å². The van der Waals surface area contributed by atoms with Crippen LogP contribution < -0.4 is 5.32 Å². The first-order valence-electron chi connectivity index (χ1n) is 10.8. The van der Waals surface area contributed by atoms with Crippen LogP contribution in [0.1, 0.15) is 55.6 Å². The molecule has 1 aromatic heterocycles. The molecule has 1 N–H and O–H groups in total. The van der Waals surface area contributed by atoms with Crippen LogP contribution in [0, 0.1) is 0 Å². The number of amides is 2. The second-order valence-corrected chi connectivity index (χ2v) is 9.20. The SMILES string of the molecule is COCCNC(=O)c1cnn(-c2ccccc2Cl)c1C1CCN(C(=O)OC(C)(C)C)CC1. The molecule has 0 radical (unpaired) electrons. The number of ether oxygens (including phenoxy) is 2. The third-order valence-electron chi connectivity index (χ3n) is 5.26. The highest BCUT2D eigenvalue weighted by Crippen LogP contribution is 2.34. The number of rotatable bonds is 6. The van der Waals surface area contributed by atoms with E-state index in [-0.39, 0.29) is 17.9 Å². The first kappa shape index (κ1) is 24.1. The van der Waals surface area contributed by atoms with Gasteiger partial charge in [-0.25, -0.2) is 9.48 Å². The minimum absolute atomic E-state index is 0.0376. The topological polar surface area (TPSA) is 85.7 Å². The van der Waals surface area contributed by atoms with Crippen LogP contribution in [-0.2, 0) is 9.47 Å². The number of halogens is 1. The van der Waals surface area contributed by atoms with E-state index in [0.29, 0.717) is 49.7 Å². The summed E-state index contributed by atoms with van der Waals surface area (Å²) in [5.74, 6) is -0.166. The Morgan fingerprint density at radius 1 is 1.22 bits per heavy atom. The summed E-state index contributed by atoms with van der Waals surface area (Å²) >= 11 is 6.44. The summed E-state index contributed by atoms with van der Waals surface area (Å²) in [4.78, 5) is 27.1. The number of para-hydroxylation sites is 1. The lowest BCUT2D eigenvalue weighted by molar-refractivity contribution is 0.0203. The van der Waals surface area contributed by atoms with Gasteiger partial charge >= 0.3 is 6.09 Å². The van der Waals surface area contributed by atoms with Gasteiger partial charge in [0.05, 0.1) is 34.8 Å². The number of carbonyl (C=O) groups excluding carboxylic acids is 2. The van der Waals surface area contributed by atoms with Gasteiger partial charge in [0.25, 0.3) is 5.91 Å². The molecule has 32 heavy (non-hydrogen) atoms. The maximum Gasteiger partial charge on any atom is 0.410 e. The van der Waals surface area contributed by atoms with Crippen molar-refractivity contribution in [2.24, 2.45) is 0 Å². The van der Waals surface area contributed by atoms with Crippen LogP contribution in [0.25, 0.3) is 5.69 Å². The molecule has 2 aromatic rings. The van der Waals surface area contributed by atoms with Gasteiger partial charge in [-0.05, 0) is 45.7 Å². The maximum absolute atomic E-state index is 12.9. The van der Waals surface area contributed by atoms with Crippen LogP contribution in [0.15, 0.2) is 30.5 Å². The van der Waals surface area contributed by atoms with Crippen LogP contribution in [0.5, 0.6) is 0 Å². The molecule has 1 aliphatic heterocycles. The molecule has 2 heterocycles. The van der Waals surface area contributed by atoms with E-state index >= 15 is 0 Å². The summed E-state index contributed by atoms with van der Waals surface area (Å²) < 4.78 is 12.3. The molecule has 8 nitrogen and oxygen atoms in total. The number of hydrogen-bond acceptors (Lipinski definition) is 5. The number of piperidine rings is 1. The molecule has 0 bridgehead atoms. The molecule has 0 atom stereocenters. The van der Waals surface area contributed by atoms with Gasteiger partial charge < -0.3 is 19.7 Å². The smallest absolute Gasteiger partial charge is 0.410 e. The van der Waals surface area contributed by atoms with Crippen molar-refractivity contribution in [2.75, 3.05) is 33.4 Å². The van der Waals surface area contributed by atoms with Crippen LogP contribution in [0.2, 0.25) is 5.02 Å². The van der Waals surface area contributed by atoms with Crippen molar-refractivity contribution in [3.63, 3.8) is 0 Å². The molecule has 1 aromatic carbocycles. The molecular formula is C23H31ClN4O4. The molecule has 9 heteroatoms. The summed E-state index contributed by atoms with van der Waals surface area (Å²) in [6.45, 7) is 7.48. The zero-order valence-electron chi connectivity index (χ0n) is 19.1. The van der Waals surface area contributed by atoms with Crippen molar-refractivity contribution in [2.45, 2.75) is 45.1 Å². The van der Waals surface area contributed by atoms with Crippen LogP contribution in [0.4, 0.5) is 4.79 Å². The van der Waals surface area contributed by atoms with Gasteiger partial charge in [-0.1, -0.05) is 23.7 Å². The first-order chi connectivity index (χ1) is 15.2. The van der Waals surface area contributed by atoms with Crippen molar-refractivity contribution >= 4 is 23.6 Å². The minimum Gasteiger partial charge on any atom is -0.444 e. The second kappa shape index (κ2) is 10.4. The predicted molar refractivity (Wildman–Crippen MR) is 123 cm³/mol. The standard InChI is InChI=1S/C23H31ClN4O4/c1-23(2,3)32-22(30)27-12-9-16(10-13-27)20-17(21(29)25-11-14-31-4)15-26-28(20)19-8-6-5-7-18(19)24/h5-8,15-16H,9-14H2,1-4H3,(H,25,29). The van der Waals surface area contributed by atoms with Gasteiger partial charge in [-0.3, -0.25) is 4.79 Å². The normalized spacial score (nSPS) is 15.0. The predicted octanol–water partition coefficient (Wildman–Crippen LogP) is 4.02. The Bertz CT molecular complexity index is 946. The van der Waals surface area contributed by atoms with Crippen molar-refractivity contribution in [3.8, 4) is 5.69 Å². The zero-order chi connectivity index (χ0) is 23.3. The molecule has 1 saturated heterocycles. The quantitative estimate of drug-likeness (QED) is 0.655. The van der Waals surface area contributed by atoms with E-state index in [4.69, 9.17) is 21.1 Å². The van der Waals surface area contributed by atoms with Gasteiger partial charge in [0.1, 0.15) is 5.60 Å². The van der Waals surface area contributed by atoms with Crippen molar-refractivity contribution in [1.29, 1.82) is 0 Å². The second-order valence-electron chi connectivity index (χ2n) is 8.80. The van der Waals surface area contributed by atoms with Gasteiger partial charge in [0, 0.05) is 32.7 Å². The maximum atomic E-state index is 12.9. The third-order valence-corrected chi connectivity index (χ3v) is 5.58. The van der Waals surface area contributed by atoms with E-state index < -0.39 is 5.60 Å². The minimum atomic E-state index is -0.538. The summed E-state index contributed by atoms with van der Waals surface area (Å²) in [5, 5.41) is 7.94. The number of benzene rings is 1. The molecule has 1 fully saturated rings. The third kappa shape index (κ3) is 5.81. The summed E-state index contributed by atoms with van der Waals surface area (Å²) in [5.41, 5.74) is 1.49. The van der Waals surface area contributed by atoms with E-state index in [0.717, 1.165) is 11.4 Å². The highest BCUT2D eigenvalue weighted by Gasteiger charge is 2.32. The monoisotopic (exact) mass is 462 g/mol. The summed E-state index contributed by atoms with van der Waals surface area (Å²) in [7, 11) is 1.59. The van der Waals surface area contributed by atoms with Gasteiger partial charge in [0.15, 0.2) is 0 Å². The Hall–Kier alpha value is -2.58. The van der Waals surface area contributed by atoms with Crippen molar-refractivity contribution in [1.82, 2.24) is 20.0 Å². The molecule has 1 aliphatic rings. The number of nitrogens with zero attached hydrogens (tertiary/aromatic N) is 3. The lowest BCUT2D eigenvalue weighted by Gasteiger charge is -2.34. The average Bonchev–Trinajstić information content (AvgIpc) is 3.18. The molecule has 0 saturated carbocycles. The van der Waals surface area contributed by atoms with Crippen LogP contribution in [0.3, 0.4) is 0 Å². The van der Waals surface area contributed by atoms with E-state index in [2.05, 4.69) is 10.4 Å². The molecule has 3 rings (SSSR count).